The van der Waals surface area contributed by atoms with Gasteiger partial charge in [-0.05, 0) is 36.2 Å². The molecule has 2 rings (SSSR count). The number of thioether (sulfide) groups is 1. The van der Waals surface area contributed by atoms with Crippen LogP contribution in [0.2, 0.25) is 0 Å². The lowest BCUT2D eigenvalue weighted by Crippen LogP contribution is -2.29. The lowest BCUT2D eigenvalue weighted by Gasteiger charge is -2.13. The molecule has 0 saturated heterocycles. The second kappa shape index (κ2) is 7.81. The van der Waals surface area contributed by atoms with E-state index in [9.17, 15) is 5.11 Å². The molecule has 1 aliphatic rings. The molecule has 1 unspecified atom stereocenters. The first-order valence-corrected chi connectivity index (χ1v) is 8.09. The van der Waals surface area contributed by atoms with E-state index >= 15 is 0 Å². The van der Waals surface area contributed by atoms with Crippen LogP contribution in [-0.4, -0.2) is 50.3 Å². The zero-order chi connectivity index (χ0) is 13.5. The fraction of sp³-hybridized carbons (Fsp3) is 0.917. The van der Waals surface area contributed by atoms with E-state index in [2.05, 4.69) is 27.8 Å². The Morgan fingerprint density at radius 3 is 3.00 bits per heavy atom. The third kappa shape index (κ3) is 4.43. The van der Waals surface area contributed by atoms with Gasteiger partial charge in [0.15, 0.2) is 0 Å². The standard InChI is InChI=1S/C12H23N5OS/c1-2-7-13-8-11(18)9-19-12-14-15-16-17(12)10-5-3-4-6-10/h10-11,13,18H,2-9H2,1H3. The van der Waals surface area contributed by atoms with Crippen LogP contribution in [0.25, 0.3) is 0 Å². The van der Waals surface area contributed by atoms with Crippen LogP contribution in [-0.2, 0) is 0 Å². The van der Waals surface area contributed by atoms with Crippen molar-refractivity contribution >= 4 is 11.8 Å². The smallest absolute Gasteiger partial charge is 0.209 e. The molecule has 0 spiro atoms. The predicted molar refractivity (Wildman–Crippen MR) is 75.2 cm³/mol. The number of aromatic nitrogens is 4. The number of nitrogens with one attached hydrogen (secondary N) is 1. The zero-order valence-electron chi connectivity index (χ0n) is 11.5. The van der Waals surface area contributed by atoms with E-state index in [1.807, 2.05) is 4.68 Å². The van der Waals surface area contributed by atoms with Crippen LogP contribution in [0.1, 0.15) is 45.1 Å². The average molecular weight is 285 g/mol. The quantitative estimate of drug-likeness (QED) is 0.553. The average Bonchev–Trinajstić information content (AvgIpc) is 3.07. The van der Waals surface area contributed by atoms with Crippen LogP contribution in [0.4, 0.5) is 0 Å². The predicted octanol–water partition coefficient (Wildman–Crippen LogP) is 1.24. The molecule has 1 aromatic rings. The summed E-state index contributed by atoms with van der Waals surface area (Å²) in [4.78, 5) is 0. The van der Waals surface area contributed by atoms with Gasteiger partial charge in [-0.15, -0.1) is 5.10 Å². The third-order valence-corrected chi connectivity index (χ3v) is 4.42. The largest absolute Gasteiger partial charge is 0.391 e. The van der Waals surface area contributed by atoms with Crippen LogP contribution in [0.3, 0.4) is 0 Å². The number of aliphatic hydroxyl groups excluding tert-OH is 1. The van der Waals surface area contributed by atoms with Gasteiger partial charge in [0.1, 0.15) is 0 Å². The lowest BCUT2D eigenvalue weighted by atomic mass is 10.3. The molecular formula is C12H23N5OS. The fourth-order valence-corrected chi connectivity index (χ4v) is 3.20. The maximum Gasteiger partial charge on any atom is 0.209 e. The molecule has 0 radical (unpaired) electrons. The minimum Gasteiger partial charge on any atom is -0.391 e. The SMILES string of the molecule is CCCNCC(O)CSc1nnnn1C1CCCC1. The molecular weight excluding hydrogens is 262 g/mol. The Bertz CT molecular complexity index is 367. The van der Waals surface area contributed by atoms with Crippen molar-refractivity contribution in [3.8, 4) is 0 Å². The summed E-state index contributed by atoms with van der Waals surface area (Å²) in [5.41, 5.74) is 0. The van der Waals surface area contributed by atoms with E-state index in [1.54, 1.807) is 11.8 Å². The van der Waals surface area contributed by atoms with Crippen molar-refractivity contribution in [2.45, 2.75) is 56.3 Å². The molecule has 1 atom stereocenters. The summed E-state index contributed by atoms with van der Waals surface area (Å²) < 4.78 is 1.93. The van der Waals surface area contributed by atoms with Crippen molar-refractivity contribution < 1.29 is 5.11 Å². The lowest BCUT2D eigenvalue weighted by molar-refractivity contribution is 0.196. The van der Waals surface area contributed by atoms with Crippen molar-refractivity contribution in [2.75, 3.05) is 18.8 Å². The van der Waals surface area contributed by atoms with E-state index in [-0.39, 0.29) is 6.10 Å². The molecule has 1 aromatic heterocycles. The number of nitrogens with zero attached hydrogens (tertiary/aromatic N) is 4. The van der Waals surface area contributed by atoms with Crippen LogP contribution in [0.5, 0.6) is 0 Å². The van der Waals surface area contributed by atoms with Crippen molar-refractivity contribution in [3.05, 3.63) is 0 Å². The molecule has 0 aromatic carbocycles. The van der Waals surface area contributed by atoms with E-state index < -0.39 is 0 Å². The van der Waals surface area contributed by atoms with Crippen LogP contribution < -0.4 is 5.32 Å². The fourth-order valence-electron chi connectivity index (χ4n) is 2.33. The van der Waals surface area contributed by atoms with Gasteiger partial charge in [-0.25, -0.2) is 4.68 Å². The van der Waals surface area contributed by atoms with Crippen LogP contribution >= 0.6 is 11.8 Å². The maximum absolute atomic E-state index is 9.87. The summed E-state index contributed by atoms with van der Waals surface area (Å²) in [6.07, 6.45) is 5.58. The second-order valence-electron chi connectivity index (χ2n) is 5.01. The number of hydrogen-bond acceptors (Lipinski definition) is 6. The minimum atomic E-state index is -0.356. The Kier molecular flexibility index (Phi) is 6.06. The van der Waals surface area contributed by atoms with Gasteiger partial charge >= 0.3 is 0 Å². The van der Waals surface area contributed by atoms with E-state index in [0.29, 0.717) is 18.3 Å². The second-order valence-corrected chi connectivity index (χ2v) is 6.00. The summed E-state index contributed by atoms with van der Waals surface area (Å²) in [5.74, 6) is 0.629. The molecule has 0 aliphatic heterocycles. The van der Waals surface area contributed by atoms with E-state index in [1.165, 1.54) is 25.7 Å². The molecule has 108 valence electrons. The Morgan fingerprint density at radius 2 is 2.26 bits per heavy atom. The first-order chi connectivity index (χ1) is 9.31. The molecule has 1 saturated carbocycles. The summed E-state index contributed by atoms with van der Waals surface area (Å²) in [6.45, 7) is 3.69. The molecule has 0 amide bonds. The third-order valence-electron chi connectivity index (χ3n) is 3.34. The Balaban J connectivity index is 1.77. The molecule has 19 heavy (non-hydrogen) atoms. The van der Waals surface area contributed by atoms with Gasteiger partial charge in [0.05, 0.1) is 12.1 Å². The Morgan fingerprint density at radius 1 is 1.47 bits per heavy atom. The van der Waals surface area contributed by atoms with Gasteiger partial charge in [-0.1, -0.05) is 31.5 Å². The molecule has 2 N–H and O–H groups in total. The first-order valence-electron chi connectivity index (χ1n) is 7.10. The van der Waals surface area contributed by atoms with Gasteiger partial charge in [0.2, 0.25) is 5.16 Å². The summed E-state index contributed by atoms with van der Waals surface area (Å²) in [7, 11) is 0. The topological polar surface area (TPSA) is 75.9 Å². The van der Waals surface area contributed by atoms with Gasteiger partial charge in [-0.2, -0.15) is 0 Å². The first kappa shape index (κ1) is 14.7. The van der Waals surface area contributed by atoms with Crippen molar-refractivity contribution in [1.29, 1.82) is 0 Å². The highest BCUT2D eigenvalue weighted by molar-refractivity contribution is 7.99. The highest BCUT2D eigenvalue weighted by Gasteiger charge is 2.21. The molecule has 1 fully saturated rings. The van der Waals surface area contributed by atoms with Crippen molar-refractivity contribution in [2.24, 2.45) is 0 Å². The number of aliphatic hydroxyl groups is 1. The summed E-state index contributed by atoms with van der Waals surface area (Å²) >= 11 is 1.54. The van der Waals surface area contributed by atoms with Crippen LogP contribution in [0.15, 0.2) is 5.16 Å². The van der Waals surface area contributed by atoms with E-state index in [4.69, 9.17) is 0 Å². The highest BCUT2D eigenvalue weighted by Crippen LogP contribution is 2.31. The molecule has 0 bridgehead atoms. The van der Waals surface area contributed by atoms with Gasteiger partial charge in [-0.3, -0.25) is 0 Å². The highest BCUT2D eigenvalue weighted by atomic mass is 32.2. The molecule has 7 heteroatoms. The number of hydrogen-bond donors (Lipinski definition) is 2. The molecule has 1 aliphatic carbocycles. The minimum absolute atomic E-state index is 0.356. The normalized spacial score (nSPS) is 18.0. The molecule has 1 heterocycles. The van der Waals surface area contributed by atoms with Crippen LogP contribution in [0, 0.1) is 0 Å². The monoisotopic (exact) mass is 285 g/mol. The van der Waals surface area contributed by atoms with E-state index in [0.717, 1.165) is 18.1 Å². The van der Waals surface area contributed by atoms with Gasteiger partial charge in [0.25, 0.3) is 0 Å². The zero-order valence-corrected chi connectivity index (χ0v) is 12.3. The van der Waals surface area contributed by atoms with Gasteiger partial charge in [0, 0.05) is 12.3 Å². The van der Waals surface area contributed by atoms with Gasteiger partial charge < -0.3 is 10.4 Å². The van der Waals surface area contributed by atoms with Crippen molar-refractivity contribution in [1.82, 2.24) is 25.5 Å². The summed E-state index contributed by atoms with van der Waals surface area (Å²) in [5, 5.41) is 25.8. The number of rotatable bonds is 8. The Labute approximate surface area is 118 Å². The number of tetrazole rings is 1. The Hall–Kier alpha value is -0.660. The summed E-state index contributed by atoms with van der Waals surface area (Å²) in [6, 6.07) is 0.452. The maximum atomic E-state index is 9.87. The molecule has 6 nitrogen and oxygen atoms in total. The van der Waals surface area contributed by atoms with Crippen molar-refractivity contribution in [3.63, 3.8) is 0 Å².